The molecule has 1 aromatic carbocycles. The van der Waals surface area contributed by atoms with Crippen molar-refractivity contribution < 1.29 is 19.1 Å². The normalized spacial score (nSPS) is 16.5. The topological polar surface area (TPSA) is 55.8 Å². The zero-order chi connectivity index (χ0) is 16.9. The lowest BCUT2D eigenvalue weighted by atomic mass is 9.68. The van der Waals surface area contributed by atoms with Crippen LogP contribution >= 0.6 is 0 Å². The van der Waals surface area contributed by atoms with Crippen molar-refractivity contribution in [1.29, 1.82) is 0 Å². The fourth-order valence-electron chi connectivity index (χ4n) is 3.39. The van der Waals surface area contributed by atoms with Gasteiger partial charge in [0, 0.05) is 7.05 Å². The summed E-state index contributed by atoms with van der Waals surface area (Å²) < 4.78 is 9.89. The number of nitrogens with zero attached hydrogens (tertiary/aromatic N) is 1. The number of hydrogen-bond donors (Lipinski definition) is 0. The third-order valence-corrected chi connectivity index (χ3v) is 4.70. The van der Waals surface area contributed by atoms with E-state index in [2.05, 4.69) is 4.74 Å². The quantitative estimate of drug-likeness (QED) is 0.783. The van der Waals surface area contributed by atoms with Crippen LogP contribution in [0.4, 0.5) is 0 Å². The molecule has 0 heterocycles. The molecular formula is C18H25NO4. The van der Waals surface area contributed by atoms with Gasteiger partial charge in [-0.15, -0.1) is 0 Å². The van der Waals surface area contributed by atoms with E-state index in [4.69, 9.17) is 4.74 Å². The molecule has 1 aliphatic rings. The number of amides is 1. The fourth-order valence-corrected chi connectivity index (χ4v) is 3.39. The summed E-state index contributed by atoms with van der Waals surface area (Å²) in [6.45, 7) is -0.0206. The van der Waals surface area contributed by atoms with Crippen LogP contribution in [-0.4, -0.2) is 44.6 Å². The average molecular weight is 319 g/mol. The van der Waals surface area contributed by atoms with E-state index >= 15 is 0 Å². The minimum absolute atomic E-state index is 0.00670. The Kier molecular flexibility index (Phi) is 5.64. The molecule has 1 saturated carbocycles. The van der Waals surface area contributed by atoms with Gasteiger partial charge in [-0.25, -0.2) is 0 Å². The summed E-state index contributed by atoms with van der Waals surface area (Å²) in [6, 6.07) is 7.71. The Morgan fingerprint density at radius 3 is 2.22 bits per heavy atom. The second kappa shape index (κ2) is 7.49. The SMILES string of the molecule is COC(=O)CN(C)C(=O)C1(c2ccc(OC)cc2)CCCCC1. The predicted molar refractivity (Wildman–Crippen MR) is 87.4 cm³/mol. The molecule has 0 spiro atoms. The highest BCUT2D eigenvalue weighted by atomic mass is 16.5. The van der Waals surface area contributed by atoms with Crippen molar-refractivity contribution in [2.24, 2.45) is 0 Å². The number of benzene rings is 1. The number of rotatable bonds is 5. The summed E-state index contributed by atoms with van der Waals surface area (Å²) in [5, 5.41) is 0. The number of hydrogen-bond acceptors (Lipinski definition) is 4. The second-order valence-corrected chi connectivity index (χ2v) is 6.11. The Hall–Kier alpha value is -2.04. The molecule has 126 valence electrons. The molecule has 2 rings (SSSR count). The van der Waals surface area contributed by atoms with Crippen LogP contribution in [0.3, 0.4) is 0 Å². The van der Waals surface area contributed by atoms with E-state index in [9.17, 15) is 9.59 Å². The fraction of sp³-hybridized carbons (Fsp3) is 0.556. The smallest absolute Gasteiger partial charge is 0.325 e. The summed E-state index contributed by atoms with van der Waals surface area (Å²) >= 11 is 0. The summed E-state index contributed by atoms with van der Waals surface area (Å²) in [5.74, 6) is 0.365. The van der Waals surface area contributed by atoms with E-state index < -0.39 is 11.4 Å². The minimum Gasteiger partial charge on any atom is -0.497 e. The Morgan fingerprint density at radius 1 is 1.09 bits per heavy atom. The molecule has 23 heavy (non-hydrogen) atoms. The largest absolute Gasteiger partial charge is 0.497 e. The van der Waals surface area contributed by atoms with Crippen LogP contribution in [0.25, 0.3) is 0 Å². The first-order valence-electron chi connectivity index (χ1n) is 8.00. The number of ether oxygens (including phenoxy) is 2. The van der Waals surface area contributed by atoms with E-state index in [1.807, 2.05) is 24.3 Å². The first-order valence-corrected chi connectivity index (χ1v) is 8.00. The monoisotopic (exact) mass is 319 g/mol. The van der Waals surface area contributed by atoms with Gasteiger partial charge in [0.05, 0.1) is 19.6 Å². The third-order valence-electron chi connectivity index (χ3n) is 4.70. The van der Waals surface area contributed by atoms with Gasteiger partial charge in [-0.1, -0.05) is 31.4 Å². The highest BCUT2D eigenvalue weighted by Crippen LogP contribution is 2.41. The maximum atomic E-state index is 13.1. The third kappa shape index (κ3) is 3.66. The van der Waals surface area contributed by atoms with Gasteiger partial charge in [-0.2, -0.15) is 0 Å². The van der Waals surface area contributed by atoms with Gasteiger partial charge in [0.1, 0.15) is 12.3 Å². The molecule has 0 atom stereocenters. The van der Waals surface area contributed by atoms with Gasteiger partial charge in [0.15, 0.2) is 0 Å². The molecule has 0 N–H and O–H groups in total. The lowest BCUT2D eigenvalue weighted by molar-refractivity contribution is -0.148. The summed E-state index contributed by atoms with van der Waals surface area (Å²) in [4.78, 5) is 26.1. The highest BCUT2D eigenvalue weighted by molar-refractivity contribution is 5.90. The van der Waals surface area contributed by atoms with Crippen molar-refractivity contribution in [2.45, 2.75) is 37.5 Å². The standard InChI is InChI=1S/C18H25NO4/c1-19(13-16(20)23-3)17(21)18(11-5-4-6-12-18)14-7-9-15(22-2)10-8-14/h7-10H,4-6,11-13H2,1-3H3. The van der Waals surface area contributed by atoms with Gasteiger partial charge in [0.2, 0.25) is 5.91 Å². The zero-order valence-electron chi connectivity index (χ0n) is 14.1. The van der Waals surface area contributed by atoms with Crippen molar-refractivity contribution in [2.75, 3.05) is 27.8 Å². The van der Waals surface area contributed by atoms with Gasteiger partial charge in [-0.3, -0.25) is 9.59 Å². The van der Waals surface area contributed by atoms with Crippen LogP contribution in [0, 0.1) is 0 Å². The van der Waals surface area contributed by atoms with E-state index in [1.165, 1.54) is 12.0 Å². The zero-order valence-corrected chi connectivity index (χ0v) is 14.1. The van der Waals surface area contributed by atoms with Crippen molar-refractivity contribution in [3.8, 4) is 5.75 Å². The molecule has 1 aliphatic carbocycles. The molecule has 0 unspecified atom stereocenters. The molecule has 0 aliphatic heterocycles. The predicted octanol–water partition coefficient (Wildman–Crippen LogP) is 2.53. The molecule has 5 nitrogen and oxygen atoms in total. The Bertz CT molecular complexity index is 547. The van der Waals surface area contributed by atoms with Crippen LogP contribution in [0.1, 0.15) is 37.7 Å². The van der Waals surface area contributed by atoms with Crippen LogP contribution < -0.4 is 4.74 Å². The van der Waals surface area contributed by atoms with Gasteiger partial charge >= 0.3 is 5.97 Å². The number of esters is 1. The molecule has 0 radical (unpaired) electrons. The molecule has 0 bridgehead atoms. The van der Waals surface area contributed by atoms with Crippen LogP contribution in [0.15, 0.2) is 24.3 Å². The maximum Gasteiger partial charge on any atom is 0.325 e. The summed E-state index contributed by atoms with van der Waals surface area (Å²) in [5.41, 5.74) is 0.451. The Morgan fingerprint density at radius 2 is 1.70 bits per heavy atom. The van der Waals surface area contributed by atoms with Crippen molar-refractivity contribution >= 4 is 11.9 Å². The van der Waals surface area contributed by atoms with E-state index in [1.54, 1.807) is 14.2 Å². The van der Waals surface area contributed by atoms with Crippen LogP contribution in [-0.2, 0) is 19.7 Å². The highest BCUT2D eigenvalue weighted by Gasteiger charge is 2.43. The average Bonchev–Trinajstić information content (AvgIpc) is 2.61. The lowest BCUT2D eigenvalue weighted by Crippen LogP contribution is -2.48. The number of carbonyl (C=O) groups excluding carboxylic acids is 2. The van der Waals surface area contributed by atoms with Crippen molar-refractivity contribution in [1.82, 2.24) is 4.90 Å². The molecule has 0 saturated heterocycles. The Balaban J connectivity index is 2.30. The second-order valence-electron chi connectivity index (χ2n) is 6.11. The van der Waals surface area contributed by atoms with Crippen molar-refractivity contribution in [3.63, 3.8) is 0 Å². The maximum absolute atomic E-state index is 13.1. The van der Waals surface area contributed by atoms with Crippen LogP contribution in [0.2, 0.25) is 0 Å². The number of methoxy groups -OCH3 is 2. The molecule has 1 aromatic rings. The van der Waals surface area contributed by atoms with E-state index in [0.717, 1.165) is 43.4 Å². The molecular weight excluding hydrogens is 294 g/mol. The molecule has 1 fully saturated rings. The molecule has 0 aromatic heterocycles. The number of likely N-dealkylation sites (N-methyl/N-ethyl adjacent to an activating group) is 1. The summed E-state index contributed by atoms with van der Waals surface area (Å²) in [7, 11) is 4.63. The molecule has 1 amide bonds. The number of carbonyl (C=O) groups is 2. The van der Waals surface area contributed by atoms with Crippen molar-refractivity contribution in [3.05, 3.63) is 29.8 Å². The lowest BCUT2D eigenvalue weighted by Gasteiger charge is -2.39. The van der Waals surface area contributed by atoms with Gasteiger partial charge in [-0.05, 0) is 30.5 Å². The summed E-state index contributed by atoms with van der Waals surface area (Å²) in [6.07, 6.45) is 4.80. The first kappa shape index (κ1) is 17.3. The van der Waals surface area contributed by atoms with Crippen LogP contribution in [0.5, 0.6) is 5.75 Å². The molecule has 5 heteroatoms. The van der Waals surface area contributed by atoms with E-state index in [-0.39, 0.29) is 12.5 Å². The van der Waals surface area contributed by atoms with Gasteiger partial charge < -0.3 is 14.4 Å². The van der Waals surface area contributed by atoms with Gasteiger partial charge in [0.25, 0.3) is 0 Å². The van der Waals surface area contributed by atoms with E-state index in [0.29, 0.717) is 0 Å². The first-order chi connectivity index (χ1) is 11.0. The minimum atomic E-state index is -0.548. The Labute approximate surface area is 137 Å².